The van der Waals surface area contributed by atoms with Gasteiger partial charge in [0, 0.05) is 6.92 Å². The fraction of sp³-hybridized carbons (Fsp3) is 0.211. The van der Waals surface area contributed by atoms with Crippen molar-refractivity contribution in [2.45, 2.75) is 26.2 Å². The largest absolute Gasteiger partial charge is 0.478 e. The maximum atomic E-state index is 12.6. The molecule has 6 nitrogen and oxygen atoms in total. The van der Waals surface area contributed by atoms with Crippen LogP contribution < -0.4 is 10.1 Å². The molecular weight excluding hydrogens is 322 g/mol. The third kappa shape index (κ3) is 4.67. The Labute approximate surface area is 145 Å². The molecule has 0 radical (unpaired) electrons. The second-order valence-corrected chi connectivity index (χ2v) is 5.47. The van der Waals surface area contributed by atoms with Crippen molar-refractivity contribution in [3.8, 4) is 5.75 Å². The SMILES string of the molecule is CC[C@H](C(=O)Nc1ccc(OC(C)=O)cc1C(=O)O)c1ccccc1. The molecule has 2 N–H and O–H groups in total. The maximum absolute atomic E-state index is 12.6. The average Bonchev–Trinajstić information content (AvgIpc) is 2.57. The van der Waals surface area contributed by atoms with E-state index < -0.39 is 17.9 Å². The number of carbonyl (C=O) groups is 3. The van der Waals surface area contributed by atoms with Gasteiger partial charge in [-0.15, -0.1) is 0 Å². The van der Waals surface area contributed by atoms with Crippen LogP contribution in [0, 0.1) is 0 Å². The number of nitrogens with one attached hydrogen (secondary N) is 1. The van der Waals surface area contributed by atoms with Crippen molar-refractivity contribution < 1.29 is 24.2 Å². The molecule has 0 fully saturated rings. The van der Waals surface area contributed by atoms with Gasteiger partial charge in [0.05, 0.1) is 17.2 Å². The molecule has 1 amide bonds. The number of rotatable bonds is 6. The highest BCUT2D eigenvalue weighted by Gasteiger charge is 2.21. The Morgan fingerprint density at radius 2 is 1.80 bits per heavy atom. The normalized spacial score (nSPS) is 11.4. The van der Waals surface area contributed by atoms with Crippen LogP contribution in [0.1, 0.15) is 42.1 Å². The van der Waals surface area contributed by atoms with E-state index in [0.29, 0.717) is 6.42 Å². The topological polar surface area (TPSA) is 92.7 Å². The van der Waals surface area contributed by atoms with Crippen molar-refractivity contribution >= 4 is 23.5 Å². The molecule has 0 saturated carbocycles. The first-order valence-corrected chi connectivity index (χ1v) is 7.84. The van der Waals surface area contributed by atoms with Gasteiger partial charge in [-0.1, -0.05) is 37.3 Å². The lowest BCUT2D eigenvalue weighted by Gasteiger charge is -2.17. The van der Waals surface area contributed by atoms with E-state index in [2.05, 4.69) is 5.32 Å². The molecule has 0 spiro atoms. The van der Waals surface area contributed by atoms with Crippen molar-refractivity contribution in [3.63, 3.8) is 0 Å². The van der Waals surface area contributed by atoms with Gasteiger partial charge < -0.3 is 15.2 Å². The molecule has 2 aromatic carbocycles. The minimum absolute atomic E-state index is 0.109. The number of carboxylic acids is 1. The van der Waals surface area contributed by atoms with E-state index in [1.807, 2.05) is 37.3 Å². The lowest BCUT2D eigenvalue weighted by atomic mass is 9.95. The zero-order chi connectivity index (χ0) is 18.4. The molecule has 0 saturated heterocycles. The summed E-state index contributed by atoms with van der Waals surface area (Å²) in [5.41, 5.74) is 0.869. The summed E-state index contributed by atoms with van der Waals surface area (Å²) < 4.78 is 4.89. The maximum Gasteiger partial charge on any atom is 0.337 e. The second-order valence-electron chi connectivity index (χ2n) is 5.47. The van der Waals surface area contributed by atoms with Crippen molar-refractivity contribution in [2.24, 2.45) is 0 Å². The molecule has 0 unspecified atom stereocenters. The Bertz CT molecular complexity index is 786. The highest BCUT2D eigenvalue weighted by atomic mass is 16.5. The van der Waals surface area contributed by atoms with Crippen molar-refractivity contribution in [1.29, 1.82) is 0 Å². The summed E-state index contributed by atoms with van der Waals surface area (Å²) in [6.45, 7) is 3.11. The summed E-state index contributed by atoms with van der Waals surface area (Å²) in [7, 11) is 0. The van der Waals surface area contributed by atoms with E-state index in [9.17, 15) is 19.5 Å². The van der Waals surface area contributed by atoms with Crippen LogP contribution in [0.2, 0.25) is 0 Å². The van der Waals surface area contributed by atoms with Crippen molar-refractivity contribution in [2.75, 3.05) is 5.32 Å². The number of carboxylic acid groups (broad SMARTS) is 1. The molecule has 0 aliphatic rings. The number of carbonyl (C=O) groups excluding carboxylic acids is 2. The summed E-state index contributed by atoms with van der Waals surface area (Å²) >= 11 is 0. The van der Waals surface area contributed by atoms with Gasteiger partial charge in [-0.2, -0.15) is 0 Å². The third-order valence-electron chi connectivity index (χ3n) is 3.67. The summed E-state index contributed by atoms with van der Waals surface area (Å²) in [4.78, 5) is 35.1. The van der Waals surface area contributed by atoms with E-state index in [1.54, 1.807) is 0 Å². The summed E-state index contributed by atoms with van der Waals surface area (Å²) in [5, 5.41) is 12.0. The van der Waals surface area contributed by atoms with E-state index >= 15 is 0 Å². The second kappa shape index (κ2) is 8.10. The van der Waals surface area contributed by atoms with Gasteiger partial charge in [0.2, 0.25) is 5.91 Å². The first-order valence-electron chi connectivity index (χ1n) is 7.84. The predicted octanol–water partition coefficient (Wildman–Crippen LogP) is 3.44. The summed E-state index contributed by atoms with van der Waals surface area (Å²) in [6.07, 6.45) is 0.573. The van der Waals surface area contributed by atoms with Crippen LogP contribution in [0.5, 0.6) is 5.75 Å². The number of esters is 1. The number of ether oxygens (including phenoxy) is 1. The molecular formula is C19H19NO5. The minimum atomic E-state index is -1.22. The number of anilines is 1. The van der Waals surface area contributed by atoms with Gasteiger partial charge in [0.15, 0.2) is 0 Å². The van der Waals surface area contributed by atoms with Crippen LogP contribution in [0.15, 0.2) is 48.5 Å². The molecule has 25 heavy (non-hydrogen) atoms. The first-order chi connectivity index (χ1) is 11.9. The fourth-order valence-electron chi connectivity index (χ4n) is 2.52. The summed E-state index contributed by atoms with van der Waals surface area (Å²) in [5.74, 6) is -2.36. The van der Waals surface area contributed by atoms with Crippen LogP contribution in [-0.2, 0) is 9.59 Å². The standard InChI is InChI=1S/C19H19NO5/c1-3-15(13-7-5-4-6-8-13)18(22)20-17-10-9-14(25-12(2)21)11-16(17)19(23)24/h4-11,15H,3H2,1-2H3,(H,20,22)(H,23,24)/t15-/m0/s1. The average molecular weight is 341 g/mol. The first kappa shape index (κ1) is 18.2. The Morgan fingerprint density at radius 3 is 2.36 bits per heavy atom. The molecule has 6 heteroatoms. The zero-order valence-electron chi connectivity index (χ0n) is 14.0. The van der Waals surface area contributed by atoms with Crippen molar-refractivity contribution in [1.82, 2.24) is 0 Å². The lowest BCUT2D eigenvalue weighted by Crippen LogP contribution is -2.22. The number of amides is 1. The van der Waals surface area contributed by atoms with Crippen molar-refractivity contribution in [3.05, 3.63) is 59.7 Å². The Morgan fingerprint density at radius 1 is 1.12 bits per heavy atom. The highest BCUT2D eigenvalue weighted by molar-refractivity contribution is 6.03. The quantitative estimate of drug-likeness (QED) is 0.620. The fourth-order valence-corrected chi connectivity index (χ4v) is 2.52. The molecule has 0 heterocycles. The van der Waals surface area contributed by atoms with Crippen LogP contribution in [0.25, 0.3) is 0 Å². The van der Waals surface area contributed by atoms with Crippen LogP contribution in [0.4, 0.5) is 5.69 Å². The number of hydrogen-bond acceptors (Lipinski definition) is 4. The molecule has 0 aliphatic carbocycles. The molecule has 0 aliphatic heterocycles. The minimum Gasteiger partial charge on any atom is -0.478 e. The zero-order valence-corrected chi connectivity index (χ0v) is 14.0. The molecule has 0 aromatic heterocycles. The van der Waals surface area contributed by atoms with E-state index in [-0.39, 0.29) is 22.9 Å². The van der Waals surface area contributed by atoms with Gasteiger partial charge in [-0.25, -0.2) is 4.79 Å². The van der Waals surface area contributed by atoms with Gasteiger partial charge in [0.1, 0.15) is 5.75 Å². The smallest absolute Gasteiger partial charge is 0.337 e. The number of benzene rings is 2. The van der Waals surface area contributed by atoms with E-state index in [1.165, 1.54) is 25.1 Å². The molecule has 0 bridgehead atoms. The Balaban J connectivity index is 2.27. The van der Waals surface area contributed by atoms with Gasteiger partial charge in [0.25, 0.3) is 0 Å². The monoisotopic (exact) mass is 341 g/mol. The molecule has 1 atom stereocenters. The molecule has 2 rings (SSSR count). The van der Waals surface area contributed by atoms with Crippen LogP contribution in [-0.4, -0.2) is 23.0 Å². The van der Waals surface area contributed by atoms with Crippen LogP contribution >= 0.6 is 0 Å². The predicted molar refractivity (Wildman–Crippen MR) is 92.8 cm³/mol. The van der Waals surface area contributed by atoms with Gasteiger partial charge in [-0.3, -0.25) is 9.59 Å². The Kier molecular flexibility index (Phi) is 5.89. The lowest BCUT2D eigenvalue weighted by molar-refractivity contribution is -0.131. The van der Waals surface area contributed by atoms with Gasteiger partial charge >= 0.3 is 11.9 Å². The summed E-state index contributed by atoms with van der Waals surface area (Å²) in [6, 6.07) is 13.3. The third-order valence-corrected chi connectivity index (χ3v) is 3.67. The number of aromatic carboxylic acids is 1. The van der Waals surface area contributed by atoms with E-state index in [0.717, 1.165) is 5.56 Å². The Hall–Kier alpha value is -3.15. The van der Waals surface area contributed by atoms with Gasteiger partial charge in [-0.05, 0) is 30.2 Å². The van der Waals surface area contributed by atoms with E-state index in [4.69, 9.17) is 4.74 Å². The number of hydrogen-bond donors (Lipinski definition) is 2. The van der Waals surface area contributed by atoms with Crippen LogP contribution in [0.3, 0.4) is 0 Å². The molecule has 130 valence electrons. The highest BCUT2D eigenvalue weighted by Crippen LogP contribution is 2.26. The molecule has 2 aromatic rings.